The van der Waals surface area contributed by atoms with E-state index in [1.165, 1.54) is 12.1 Å². The number of hydrogen-bond donors (Lipinski definition) is 1. The topological polar surface area (TPSA) is 47.6 Å². The van der Waals surface area contributed by atoms with Gasteiger partial charge in [0.1, 0.15) is 0 Å². The number of para-hydroxylation sites is 1. The molecular formula is C13H18FNO3. The lowest BCUT2D eigenvalue weighted by Crippen LogP contribution is -2.30. The van der Waals surface area contributed by atoms with Gasteiger partial charge in [0, 0.05) is 19.8 Å². The molecule has 0 bridgehead atoms. The molecule has 0 aliphatic rings. The number of carbonyl (C=O) groups is 1. The van der Waals surface area contributed by atoms with Crippen LogP contribution in [0.1, 0.15) is 13.3 Å². The number of ether oxygens (including phenoxy) is 2. The molecular weight excluding hydrogens is 237 g/mol. The fourth-order valence-electron chi connectivity index (χ4n) is 1.30. The summed E-state index contributed by atoms with van der Waals surface area (Å²) in [5.41, 5.74) is 0. The molecule has 0 heterocycles. The highest BCUT2D eigenvalue weighted by Gasteiger charge is 2.05. The monoisotopic (exact) mass is 255 g/mol. The Morgan fingerprint density at radius 1 is 1.39 bits per heavy atom. The molecule has 0 radical (unpaired) electrons. The number of hydrogen-bond acceptors (Lipinski definition) is 3. The molecule has 4 nitrogen and oxygen atoms in total. The molecule has 0 aromatic heterocycles. The molecule has 0 spiro atoms. The Morgan fingerprint density at radius 3 is 2.89 bits per heavy atom. The highest BCUT2D eigenvalue weighted by atomic mass is 19.1. The van der Waals surface area contributed by atoms with Crippen molar-refractivity contribution in [3.63, 3.8) is 0 Å². The molecule has 1 amide bonds. The summed E-state index contributed by atoms with van der Waals surface area (Å²) in [5.74, 6) is -0.654. The van der Waals surface area contributed by atoms with Gasteiger partial charge in [-0.3, -0.25) is 4.79 Å². The zero-order valence-corrected chi connectivity index (χ0v) is 10.4. The Kier molecular flexibility index (Phi) is 6.79. The average molecular weight is 255 g/mol. The van der Waals surface area contributed by atoms with E-state index in [1.807, 2.05) is 6.92 Å². The molecule has 0 atom stereocenters. The maximum absolute atomic E-state index is 13.2. The average Bonchev–Trinajstić information content (AvgIpc) is 2.37. The van der Waals surface area contributed by atoms with Gasteiger partial charge in [0.25, 0.3) is 5.91 Å². The molecule has 100 valence electrons. The van der Waals surface area contributed by atoms with Gasteiger partial charge >= 0.3 is 0 Å². The number of carbonyl (C=O) groups excluding carboxylic acids is 1. The summed E-state index contributed by atoms with van der Waals surface area (Å²) in [4.78, 5) is 11.4. The normalized spacial score (nSPS) is 10.1. The van der Waals surface area contributed by atoms with Crippen molar-refractivity contribution in [2.45, 2.75) is 13.3 Å². The van der Waals surface area contributed by atoms with Crippen LogP contribution >= 0.6 is 0 Å². The van der Waals surface area contributed by atoms with Crippen molar-refractivity contribution in [2.24, 2.45) is 0 Å². The summed E-state index contributed by atoms with van der Waals surface area (Å²) < 4.78 is 23.3. The third-order valence-corrected chi connectivity index (χ3v) is 2.19. The third kappa shape index (κ3) is 5.63. The quantitative estimate of drug-likeness (QED) is 0.720. The Balaban J connectivity index is 2.15. The van der Waals surface area contributed by atoms with Crippen molar-refractivity contribution < 1.29 is 18.7 Å². The van der Waals surface area contributed by atoms with Crippen LogP contribution in [0.2, 0.25) is 0 Å². The van der Waals surface area contributed by atoms with Gasteiger partial charge in [0.15, 0.2) is 18.2 Å². The van der Waals surface area contributed by atoms with E-state index in [0.717, 1.165) is 6.42 Å². The fraction of sp³-hybridized carbons (Fsp3) is 0.462. The van der Waals surface area contributed by atoms with Crippen molar-refractivity contribution in [2.75, 3.05) is 26.4 Å². The molecule has 0 fully saturated rings. The summed E-state index contributed by atoms with van der Waals surface area (Å²) in [6, 6.07) is 5.99. The molecule has 0 aliphatic carbocycles. The minimum Gasteiger partial charge on any atom is -0.481 e. The van der Waals surface area contributed by atoms with E-state index < -0.39 is 5.82 Å². The molecule has 1 aromatic carbocycles. The fourth-order valence-corrected chi connectivity index (χ4v) is 1.30. The van der Waals surface area contributed by atoms with E-state index >= 15 is 0 Å². The summed E-state index contributed by atoms with van der Waals surface area (Å²) in [6.45, 7) is 3.55. The zero-order chi connectivity index (χ0) is 13.2. The smallest absolute Gasteiger partial charge is 0.257 e. The Hall–Kier alpha value is -1.62. The highest BCUT2D eigenvalue weighted by Crippen LogP contribution is 2.14. The number of benzene rings is 1. The van der Waals surface area contributed by atoms with Crippen LogP contribution in [0.15, 0.2) is 24.3 Å². The van der Waals surface area contributed by atoms with Crippen molar-refractivity contribution >= 4 is 5.91 Å². The predicted octanol–water partition coefficient (Wildman–Crippen LogP) is 1.75. The summed E-state index contributed by atoms with van der Waals surface area (Å²) >= 11 is 0. The van der Waals surface area contributed by atoms with E-state index in [0.29, 0.717) is 19.8 Å². The van der Waals surface area contributed by atoms with Crippen molar-refractivity contribution in [1.29, 1.82) is 0 Å². The lowest BCUT2D eigenvalue weighted by Gasteiger charge is -2.08. The van der Waals surface area contributed by atoms with Gasteiger partial charge in [-0.1, -0.05) is 12.1 Å². The first-order valence-electron chi connectivity index (χ1n) is 5.95. The Morgan fingerprint density at radius 2 is 2.17 bits per heavy atom. The second-order valence-corrected chi connectivity index (χ2v) is 3.62. The van der Waals surface area contributed by atoms with Crippen LogP contribution in [0.5, 0.6) is 5.75 Å². The maximum Gasteiger partial charge on any atom is 0.257 e. The molecule has 5 heteroatoms. The van der Waals surface area contributed by atoms with E-state index in [2.05, 4.69) is 5.32 Å². The summed E-state index contributed by atoms with van der Waals surface area (Å²) in [6.07, 6.45) is 0.749. The Labute approximate surface area is 106 Å². The van der Waals surface area contributed by atoms with Crippen LogP contribution in [0.3, 0.4) is 0 Å². The van der Waals surface area contributed by atoms with Gasteiger partial charge in [0.05, 0.1) is 0 Å². The number of amides is 1. The second-order valence-electron chi connectivity index (χ2n) is 3.62. The minimum absolute atomic E-state index is 0.0852. The molecule has 0 aliphatic heterocycles. The summed E-state index contributed by atoms with van der Waals surface area (Å²) in [7, 11) is 0. The van der Waals surface area contributed by atoms with Crippen LogP contribution in [-0.2, 0) is 9.53 Å². The number of rotatable bonds is 8. The first kappa shape index (κ1) is 14.4. The van der Waals surface area contributed by atoms with Gasteiger partial charge in [-0.05, 0) is 25.5 Å². The third-order valence-electron chi connectivity index (χ3n) is 2.19. The van der Waals surface area contributed by atoms with Crippen LogP contribution in [0, 0.1) is 5.82 Å². The Bertz CT molecular complexity index is 371. The first-order valence-corrected chi connectivity index (χ1v) is 5.95. The maximum atomic E-state index is 13.2. The van der Waals surface area contributed by atoms with Gasteiger partial charge < -0.3 is 14.8 Å². The predicted molar refractivity (Wildman–Crippen MR) is 66.0 cm³/mol. The van der Waals surface area contributed by atoms with Crippen LogP contribution in [0.4, 0.5) is 4.39 Å². The molecule has 1 aromatic rings. The molecule has 1 rings (SSSR count). The van der Waals surface area contributed by atoms with E-state index in [9.17, 15) is 9.18 Å². The highest BCUT2D eigenvalue weighted by molar-refractivity contribution is 5.77. The van der Waals surface area contributed by atoms with Crippen molar-refractivity contribution in [3.05, 3.63) is 30.1 Å². The van der Waals surface area contributed by atoms with Crippen molar-refractivity contribution in [1.82, 2.24) is 5.32 Å². The lowest BCUT2D eigenvalue weighted by molar-refractivity contribution is -0.123. The summed E-state index contributed by atoms with van der Waals surface area (Å²) in [5, 5.41) is 2.66. The molecule has 1 N–H and O–H groups in total. The van der Waals surface area contributed by atoms with Gasteiger partial charge in [-0.2, -0.15) is 0 Å². The van der Waals surface area contributed by atoms with E-state index in [-0.39, 0.29) is 18.3 Å². The standard InChI is InChI=1S/C13H18FNO3/c1-2-17-9-5-8-15-13(16)10-18-12-7-4-3-6-11(12)14/h3-4,6-7H,2,5,8-10H2,1H3,(H,15,16). The van der Waals surface area contributed by atoms with Crippen LogP contribution < -0.4 is 10.1 Å². The van der Waals surface area contributed by atoms with Gasteiger partial charge in [-0.15, -0.1) is 0 Å². The lowest BCUT2D eigenvalue weighted by atomic mass is 10.3. The van der Waals surface area contributed by atoms with Crippen LogP contribution in [-0.4, -0.2) is 32.3 Å². The zero-order valence-electron chi connectivity index (χ0n) is 10.4. The van der Waals surface area contributed by atoms with Crippen LogP contribution in [0.25, 0.3) is 0 Å². The molecule has 18 heavy (non-hydrogen) atoms. The number of nitrogens with one attached hydrogen (secondary N) is 1. The van der Waals surface area contributed by atoms with Crippen molar-refractivity contribution in [3.8, 4) is 5.75 Å². The molecule has 0 unspecified atom stereocenters. The number of halogens is 1. The second kappa shape index (κ2) is 8.47. The largest absolute Gasteiger partial charge is 0.481 e. The van der Waals surface area contributed by atoms with Gasteiger partial charge in [-0.25, -0.2) is 4.39 Å². The first-order chi connectivity index (χ1) is 8.74. The van der Waals surface area contributed by atoms with Gasteiger partial charge in [0.2, 0.25) is 0 Å². The van der Waals surface area contributed by atoms with E-state index in [4.69, 9.17) is 9.47 Å². The molecule has 0 saturated heterocycles. The minimum atomic E-state index is -0.471. The molecule has 0 saturated carbocycles. The van der Waals surface area contributed by atoms with E-state index in [1.54, 1.807) is 12.1 Å². The SMILES string of the molecule is CCOCCCNC(=O)COc1ccccc1F.